The standard InChI is InChI=1S/C19H29N3O2.ClH/c23-19(24-18-9-5-2-6-10-18)22-15-13-21(14-16-22)12-11-20-17-7-3-1-4-8-17;/h1,3-4,7-8,18,20H,2,5-6,9-16H2;1H. The zero-order chi connectivity index (χ0) is 16.6. The van der Waals surface area contributed by atoms with Crippen molar-refractivity contribution in [1.29, 1.82) is 0 Å². The molecule has 3 rings (SSSR count). The van der Waals surface area contributed by atoms with Gasteiger partial charge in [-0.05, 0) is 37.8 Å². The van der Waals surface area contributed by atoms with Crippen LogP contribution in [-0.2, 0) is 4.74 Å². The van der Waals surface area contributed by atoms with Crippen LogP contribution in [0.15, 0.2) is 30.3 Å². The summed E-state index contributed by atoms with van der Waals surface area (Å²) in [7, 11) is 0. The number of para-hydroxylation sites is 1. The minimum absolute atomic E-state index is 0. The van der Waals surface area contributed by atoms with Crippen LogP contribution in [0, 0.1) is 0 Å². The van der Waals surface area contributed by atoms with Gasteiger partial charge in [-0.1, -0.05) is 24.6 Å². The number of hydrogen-bond acceptors (Lipinski definition) is 4. The summed E-state index contributed by atoms with van der Waals surface area (Å²) in [5.41, 5.74) is 1.16. The van der Waals surface area contributed by atoms with Crippen molar-refractivity contribution in [3.63, 3.8) is 0 Å². The molecule has 1 aromatic rings. The number of benzene rings is 1. The molecule has 1 aliphatic heterocycles. The highest BCUT2D eigenvalue weighted by molar-refractivity contribution is 5.85. The topological polar surface area (TPSA) is 44.8 Å². The van der Waals surface area contributed by atoms with E-state index >= 15 is 0 Å². The average molecular weight is 368 g/mol. The maximum atomic E-state index is 12.2. The molecule has 140 valence electrons. The number of ether oxygens (including phenoxy) is 1. The first kappa shape index (κ1) is 19.9. The lowest BCUT2D eigenvalue weighted by Gasteiger charge is -2.35. The van der Waals surface area contributed by atoms with Crippen LogP contribution in [0.1, 0.15) is 32.1 Å². The molecule has 1 aromatic carbocycles. The van der Waals surface area contributed by atoms with Gasteiger partial charge < -0.3 is 15.0 Å². The second-order valence-electron chi connectivity index (χ2n) is 6.77. The molecule has 0 aromatic heterocycles. The molecule has 0 spiro atoms. The van der Waals surface area contributed by atoms with E-state index in [9.17, 15) is 4.79 Å². The van der Waals surface area contributed by atoms with Gasteiger partial charge in [-0.25, -0.2) is 4.79 Å². The lowest BCUT2D eigenvalue weighted by Crippen LogP contribution is -2.50. The van der Waals surface area contributed by atoms with Crippen LogP contribution < -0.4 is 5.32 Å². The SMILES string of the molecule is Cl.O=C(OC1CCCCC1)N1CCN(CCNc2ccccc2)CC1. The fourth-order valence-electron chi connectivity index (χ4n) is 3.47. The molecule has 1 amide bonds. The molecule has 0 bridgehead atoms. The quantitative estimate of drug-likeness (QED) is 0.863. The van der Waals surface area contributed by atoms with Gasteiger partial charge in [-0.3, -0.25) is 4.90 Å². The van der Waals surface area contributed by atoms with E-state index in [0.717, 1.165) is 57.8 Å². The molecule has 1 N–H and O–H groups in total. The molecular formula is C19H30ClN3O2. The molecule has 5 nitrogen and oxygen atoms in total. The lowest BCUT2D eigenvalue weighted by atomic mass is 9.98. The molecule has 1 saturated carbocycles. The van der Waals surface area contributed by atoms with Crippen LogP contribution >= 0.6 is 12.4 Å². The van der Waals surface area contributed by atoms with E-state index in [1.807, 2.05) is 23.1 Å². The molecule has 2 aliphatic rings. The summed E-state index contributed by atoms with van der Waals surface area (Å²) in [6.07, 6.45) is 5.79. The van der Waals surface area contributed by atoms with Crippen molar-refractivity contribution in [3.8, 4) is 0 Å². The number of nitrogens with one attached hydrogen (secondary N) is 1. The van der Waals surface area contributed by atoms with Gasteiger partial charge in [-0.15, -0.1) is 12.4 Å². The van der Waals surface area contributed by atoms with Gasteiger partial charge in [0.15, 0.2) is 0 Å². The highest BCUT2D eigenvalue weighted by Gasteiger charge is 2.25. The molecule has 1 aliphatic carbocycles. The maximum Gasteiger partial charge on any atom is 0.410 e. The number of carbonyl (C=O) groups excluding carboxylic acids is 1. The zero-order valence-corrected chi connectivity index (χ0v) is 15.7. The van der Waals surface area contributed by atoms with Gasteiger partial charge in [0.2, 0.25) is 0 Å². The first-order valence-electron chi connectivity index (χ1n) is 9.28. The van der Waals surface area contributed by atoms with Crippen LogP contribution in [0.5, 0.6) is 0 Å². The summed E-state index contributed by atoms with van der Waals surface area (Å²) in [6.45, 7) is 5.33. The van der Waals surface area contributed by atoms with E-state index in [-0.39, 0.29) is 24.6 Å². The van der Waals surface area contributed by atoms with Crippen molar-refractivity contribution < 1.29 is 9.53 Å². The van der Waals surface area contributed by atoms with Gasteiger partial charge in [0.05, 0.1) is 0 Å². The normalized spacial score (nSPS) is 19.1. The summed E-state index contributed by atoms with van der Waals surface area (Å²) in [6, 6.07) is 10.3. The number of nitrogens with zero attached hydrogens (tertiary/aromatic N) is 2. The number of halogens is 1. The number of rotatable bonds is 5. The fourth-order valence-corrected chi connectivity index (χ4v) is 3.47. The van der Waals surface area contributed by atoms with Crippen molar-refractivity contribution in [1.82, 2.24) is 9.80 Å². The molecule has 25 heavy (non-hydrogen) atoms. The van der Waals surface area contributed by atoms with Gasteiger partial charge in [-0.2, -0.15) is 0 Å². The van der Waals surface area contributed by atoms with Gasteiger partial charge >= 0.3 is 6.09 Å². The van der Waals surface area contributed by atoms with E-state index in [4.69, 9.17) is 4.74 Å². The molecular weight excluding hydrogens is 338 g/mol. The van der Waals surface area contributed by atoms with Crippen LogP contribution in [0.25, 0.3) is 0 Å². The van der Waals surface area contributed by atoms with Crippen molar-refractivity contribution in [3.05, 3.63) is 30.3 Å². The zero-order valence-electron chi connectivity index (χ0n) is 14.9. The molecule has 0 unspecified atom stereocenters. The van der Waals surface area contributed by atoms with Crippen LogP contribution in [0.3, 0.4) is 0 Å². The Morgan fingerprint density at radius 1 is 1.04 bits per heavy atom. The summed E-state index contributed by atoms with van der Waals surface area (Å²) in [4.78, 5) is 16.5. The third kappa shape index (κ3) is 6.40. The Labute approximate surface area is 157 Å². The van der Waals surface area contributed by atoms with Crippen molar-refractivity contribution in [2.45, 2.75) is 38.2 Å². The highest BCUT2D eigenvalue weighted by Crippen LogP contribution is 2.21. The monoisotopic (exact) mass is 367 g/mol. The molecule has 1 heterocycles. The van der Waals surface area contributed by atoms with E-state index in [1.54, 1.807) is 0 Å². The molecule has 1 saturated heterocycles. The van der Waals surface area contributed by atoms with Crippen LogP contribution in [0.2, 0.25) is 0 Å². The number of amides is 1. The smallest absolute Gasteiger partial charge is 0.410 e. The average Bonchev–Trinajstić information content (AvgIpc) is 2.64. The van der Waals surface area contributed by atoms with Crippen LogP contribution in [0.4, 0.5) is 10.5 Å². The minimum Gasteiger partial charge on any atom is -0.446 e. The predicted molar refractivity (Wildman–Crippen MR) is 104 cm³/mol. The van der Waals surface area contributed by atoms with E-state index in [2.05, 4.69) is 22.3 Å². The second-order valence-corrected chi connectivity index (χ2v) is 6.77. The Morgan fingerprint density at radius 3 is 2.40 bits per heavy atom. The number of anilines is 1. The van der Waals surface area contributed by atoms with Gasteiger partial charge in [0, 0.05) is 45.0 Å². The van der Waals surface area contributed by atoms with Crippen LogP contribution in [-0.4, -0.2) is 61.3 Å². The Kier molecular flexibility index (Phi) is 8.35. The third-order valence-corrected chi connectivity index (χ3v) is 4.98. The Balaban J connectivity index is 0.00000225. The van der Waals surface area contributed by atoms with E-state index in [1.165, 1.54) is 19.3 Å². The maximum absolute atomic E-state index is 12.2. The first-order valence-corrected chi connectivity index (χ1v) is 9.28. The summed E-state index contributed by atoms with van der Waals surface area (Å²) in [5, 5.41) is 3.43. The highest BCUT2D eigenvalue weighted by atomic mass is 35.5. The number of carbonyl (C=O) groups is 1. The summed E-state index contributed by atoms with van der Waals surface area (Å²) in [5.74, 6) is 0. The molecule has 6 heteroatoms. The lowest BCUT2D eigenvalue weighted by molar-refractivity contribution is 0.0333. The minimum atomic E-state index is -0.107. The van der Waals surface area contributed by atoms with Crippen molar-refractivity contribution >= 4 is 24.2 Å². The largest absolute Gasteiger partial charge is 0.446 e. The first-order chi connectivity index (χ1) is 11.8. The summed E-state index contributed by atoms with van der Waals surface area (Å²) < 4.78 is 5.66. The number of hydrogen-bond donors (Lipinski definition) is 1. The summed E-state index contributed by atoms with van der Waals surface area (Å²) >= 11 is 0. The molecule has 2 fully saturated rings. The Bertz CT molecular complexity index is 501. The van der Waals surface area contributed by atoms with E-state index < -0.39 is 0 Å². The Hall–Kier alpha value is -1.46. The van der Waals surface area contributed by atoms with Crippen molar-refractivity contribution in [2.75, 3.05) is 44.6 Å². The molecule has 0 radical (unpaired) electrons. The number of piperazine rings is 1. The Morgan fingerprint density at radius 2 is 1.72 bits per heavy atom. The fraction of sp³-hybridized carbons (Fsp3) is 0.632. The predicted octanol–water partition coefficient (Wildman–Crippen LogP) is 3.61. The third-order valence-electron chi connectivity index (χ3n) is 4.98. The van der Waals surface area contributed by atoms with Crippen molar-refractivity contribution in [2.24, 2.45) is 0 Å². The van der Waals surface area contributed by atoms with Gasteiger partial charge in [0.25, 0.3) is 0 Å². The van der Waals surface area contributed by atoms with Gasteiger partial charge in [0.1, 0.15) is 6.10 Å². The van der Waals surface area contributed by atoms with E-state index in [0.29, 0.717) is 0 Å². The second kappa shape index (κ2) is 10.5. The molecule has 0 atom stereocenters.